The van der Waals surface area contributed by atoms with Crippen molar-refractivity contribution in [2.24, 2.45) is 11.1 Å². The number of nitrogens with one attached hydrogen (secondary N) is 1. The fourth-order valence-corrected chi connectivity index (χ4v) is 1.60. The zero-order valence-electron chi connectivity index (χ0n) is 11.0. The molecule has 0 unspecified atom stereocenters. The smallest absolute Gasteiger partial charge is 0.137 e. The Bertz CT molecular complexity index is 322. The third kappa shape index (κ3) is 5.04. The molecule has 0 saturated heterocycles. The number of pyridine rings is 1. The van der Waals surface area contributed by atoms with Crippen LogP contribution in [0.25, 0.3) is 0 Å². The number of hydrogen-bond acceptors (Lipinski definition) is 4. The van der Waals surface area contributed by atoms with E-state index >= 15 is 0 Å². The van der Waals surface area contributed by atoms with Gasteiger partial charge in [-0.3, -0.25) is 0 Å². The number of ether oxygens (including phenoxy) is 1. The minimum atomic E-state index is 0.237. The second-order valence-electron chi connectivity index (χ2n) is 4.99. The van der Waals surface area contributed by atoms with Gasteiger partial charge in [-0.1, -0.05) is 13.8 Å². The van der Waals surface area contributed by atoms with Crippen molar-refractivity contribution in [3.05, 3.63) is 18.3 Å². The Morgan fingerprint density at radius 2 is 2.18 bits per heavy atom. The molecule has 0 fully saturated rings. The molecule has 0 bridgehead atoms. The van der Waals surface area contributed by atoms with Crippen molar-refractivity contribution in [2.45, 2.75) is 26.7 Å². The predicted octanol–water partition coefficient (Wildman–Crippen LogP) is 2.27. The molecular formula is C13H23N3O. The van der Waals surface area contributed by atoms with E-state index in [1.165, 1.54) is 0 Å². The molecule has 1 aromatic heterocycles. The molecule has 4 nitrogen and oxygen atoms in total. The lowest BCUT2D eigenvalue weighted by molar-refractivity contribution is 0.350. The van der Waals surface area contributed by atoms with E-state index in [0.29, 0.717) is 0 Å². The van der Waals surface area contributed by atoms with Crippen LogP contribution in [0, 0.1) is 5.41 Å². The second kappa shape index (κ2) is 6.45. The van der Waals surface area contributed by atoms with E-state index in [1.54, 1.807) is 13.3 Å². The molecule has 0 aliphatic carbocycles. The van der Waals surface area contributed by atoms with Gasteiger partial charge >= 0.3 is 0 Å². The molecule has 0 radical (unpaired) electrons. The maximum Gasteiger partial charge on any atom is 0.137 e. The van der Waals surface area contributed by atoms with Gasteiger partial charge in [0.1, 0.15) is 11.6 Å². The van der Waals surface area contributed by atoms with Crippen LogP contribution in [-0.2, 0) is 0 Å². The molecule has 3 N–H and O–H groups in total. The topological polar surface area (TPSA) is 60.2 Å². The number of methoxy groups -OCH3 is 1. The van der Waals surface area contributed by atoms with Crippen molar-refractivity contribution >= 4 is 5.82 Å². The molecule has 1 heterocycles. The molecule has 0 saturated carbocycles. The van der Waals surface area contributed by atoms with Gasteiger partial charge in [0.05, 0.1) is 13.3 Å². The van der Waals surface area contributed by atoms with Gasteiger partial charge in [0.15, 0.2) is 0 Å². The van der Waals surface area contributed by atoms with E-state index in [-0.39, 0.29) is 5.41 Å². The van der Waals surface area contributed by atoms with Gasteiger partial charge in [-0.2, -0.15) is 0 Å². The Kier molecular flexibility index (Phi) is 5.22. The van der Waals surface area contributed by atoms with Gasteiger partial charge < -0.3 is 15.8 Å². The summed E-state index contributed by atoms with van der Waals surface area (Å²) in [6.45, 7) is 6.12. The van der Waals surface area contributed by atoms with Crippen molar-refractivity contribution in [3.63, 3.8) is 0 Å². The molecule has 0 spiro atoms. The van der Waals surface area contributed by atoms with Crippen LogP contribution in [0.3, 0.4) is 0 Å². The Hall–Kier alpha value is -1.29. The average Bonchev–Trinajstić information content (AvgIpc) is 2.35. The predicted molar refractivity (Wildman–Crippen MR) is 71.3 cm³/mol. The zero-order chi connectivity index (χ0) is 12.7. The summed E-state index contributed by atoms with van der Waals surface area (Å²) in [6.07, 6.45) is 3.90. The molecule has 1 rings (SSSR count). The number of aromatic nitrogens is 1. The van der Waals surface area contributed by atoms with Crippen molar-refractivity contribution < 1.29 is 4.74 Å². The number of hydrogen-bond donors (Lipinski definition) is 2. The lowest BCUT2D eigenvalue weighted by atomic mass is 9.88. The molecule has 0 aliphatic rings. The van der Waals surface area contributed by atoms with Gasteiger partial charge in [0.25, 0.3) is 0 Å². The third-order valence-electron chi connectivity index (χ3n) is 2.78. The first-order valence-electron chi connectivity index (χ1n) is 6.01. The normalized spacial score (nSPS) is 11.3. The van der Waals surface area contributed by atoms with Crippen LogP contribution in [0.15, 0.2) is 18.3 Å². The van der Waals surface area contributed by atoms with E-state index in [0.717, 1.165) is 37.5 Å². The fourth-order valence-electron chi connectivity index (χ4n) is 1.60. The SMILES string of the molecule is COc1ccc(NCC(C)(C)CCCN)nc1. The first-order valence-corrected chi connectivity index (χ1v) is 6.01. The van der Waals surface area contributed by atoms with Gasteiger partial charge in [-0.05, 0) is 36.9 Å². The molecule has 0 aromatic carbocycles. The van der Waals surface area contributed by atoms with E-state index < -0.39 is 0 Å². The molecule has 96 valence electrons. The Morgan fingerprint density at radius 1 is 1.41 bits per heavy atom. The summed E-state index contributed by atoms with van der Waals surface area (Å²) in [5.41, 5.74) is 5.77. The summed E-state index contributed by atoms with van der Waals surface area (Å²) < 4.78 is 5.06. The maximum atomic E-state index is 5.53. The van der Waals surface area contributed by atoms with Crippen LogP contribution in [0.1, 0.15) is 26.7 Å². The minimum Gasteiger partial charge on any atom is -0.495 e. The van der Waals surface area contributed by atoms with E-state index in [1.807, 2.05) is 12.1 Å². The van der Waals surface area contributed by atoms with Crippen LogP contribution in [-0.4, -0.2) is 25.2 Å². The number of rotatable bonds is 7. The van der Waals surface area contributed by atoms with Crippen LogP contribution in [0.2, 0.25) is 0 Å². The lowest BCUT2D eigenvalue weighted by Gasteiger charge is -2.25. The fraction of sp³-hybridized carbons (Fsp3) is 0.615. The summed E-state index contributed by atoms with van der Waals surface area (Å²) in [5, 5.41) is 3.34. The summed E-state index contributed by atoms with van der Waals surface area (Å²) in [4.78, 5) is 4.27. The molecule has 0 atom stereocenters. The van der Waals surface area contributed by atoms with Crippen LogP contribution in [0.5, 0.6) is 5.75 Å². The van der Waals surface area contributed by atoms with Crippen LogP contribution >= 0.6 is 0 Å². The van der Waals surface area contributed by atoms with Gasteiger partial charge in [-0.15, -0.1) is 0 Å². The van der Waals surface area contributed by atoms with Crippen molar-refractivity contribution in [1.82, 2.24) is 4.98 Å². The molecular weight excluding hydrogens is 214 g/mol. The first-order chi connectivity index (χ1) is 8.07. The Balaban J connectivity index is 2.43. The highest BCUT2D eigenvalue weighted by Crippen LogP contribution is 2.22. The number of nitrogens with two attached hydrogens (primary N) is 1. The highest BCUT2D eigenvalue weighted by Gasteiger charge is 2.16. The first kappa shape index (κ1) is 13.8. The summed E-state index contributed by atoms with van der Waals surface area (Å²) in [5.74, 6) is 1.66. The lowest BCUT2D eigenvalue weighted by Crippen LogP contribution is -2.24. The quantitative estimate of drug-likeness (QED) is 0.763. The zero-order valence-corrected chi connectivity index (χ0v) is 11.0. The summed E-state index contributed by atoms with van der Waals surface area (Å²) >= 11 is 0. The molecule has 4 heteroatoms. The number of anilines is 1. The Labute approximate surface area is 104 Å². The van der Waals surface area contributed by atoms with Crippen molar-refractivity contribution in [1.29, 1.82) is 0 Å². The summed E-state index contributed by atoms with van der Waals surface area (Å²) in [6, 6.07) is 3.83. The summed E-state index contributed by atoms with van der Waals surface area (Å²) in [7, 11) is 1.64. The second-order valence-corrected chi connectivity index (χ2v) is 4.99. The third-order valence-corrected chi connectivity index (χ3v) is 2.78. The number of nitrogens with zero attached hydrogens (tertiary/aromatic N) is 1. The van der Waals surface area contributed by atoms with E-state index in [9.17, 15) is 0 Å². The molecule has 0 amide bonds. The maximum absolute atomic E-state index is 5.53. The van der Waals surface area contributed by atoms with E-state index in [2.05, 4.69) is 24.1 Å². The van der Waals surface area contributed by atoms with Gasteiger partial charge in [-0.25, -0.2) is 4.98 Å². The van der Waals surface area contributed by atoms with Crippen LogP contribution < -0.4 is 15.8 Å². The molecule has 17 heavy (non-hydrogen) atoms. The Morgan fingerprint density at radius 3 is 2.71 bits per heavy atom. The van der Waals surface area contributed by atoms with Crippen molar-refractivity contribution in [2.75, 3.05) is 25.5 Å². The van der Waals surface area contributed by atoms with Crippen molar-refractivity contribution in [3.8, 4) is 5.75 Å². The minimum absolute atomic E-state index is 0.237. The van der Waals surface area contributed by atoms with E-state index in [4.69, 9.17) is 10.5 Å². The monoisotopic (exact) mass is 237 g/mol. The van der Waals surface area contributed by atoms with Gasteiger partial charge in [0.2, 0.25) is 0 Å². The highest BCUT2D eigenvalue weighted by molar-refractivity contribution is 5.37. The standard InChI is InChI=1S/C13H23N3O/c1-13(2,7-4-8-14)10-16-12-6-5-11(17-3)9-15-12/h5-6,9H,4,7-8,10,14H2,1-3H3,(H,15,16). The van der Waals surface area contributed by atoms with Gasteiger partial charge in [0, 0.05) is 6.54 Å². The average molecular weight is 237 g/mol. The largest absolute Gasteiger partial charge is 0.495 e. The highest BCUT2D eigenvalue weighted by atomic mass is 16.5. The molecule has 1 aromatic rings. The molecule has 0 aliphatic heterocycles. The van der Waals surface area contributed by atoms with Crippen LogP contribution in [0.4, 0.5) is 5.82 Å².